The summed E-state index contributed by atoms with van der Waals surface area (Å²) in [7, 11) is 1.43. The lowest BCUT2D eigenvalue weighted by Crippen LogP contribution is -2.35. The Kier molecular flexibility index (Phi) is 6.35. The third-order valence-corrected chi connectivity index (χ3v) is 7.54. The molecular formula is C26H23FN6O4S. The van der Waals surface area contributed by atoms with Crippen molar-refractivity contribution < 1.29 is 23.5 Å². The first-order valence-corrected chi connectivity index (χ1v) is 12.8. The molecule has 0 saturated carbocycles. The van der Waals surface area contributed by atoms with Crippen LogP contribution in [0.15, 0.2) is 48.8 Å². The second kappa shape index (κ2) is 9.97. The summed E-state index contributed by atoms with van der Waals surface area (Å²) in [5.41, 5.74) is 2.07. The Morgan fingerprint density at radius 2 is 1.97 bits per heavy atom. The van der Waals surface area contributed by atoms with Gasteiger partial charge in [0.15, 0.2) is 11.6 Å². The highest BCUT2D eigenvalue weighted by molar-refractivity contribution is 7.21. The average Bonchev–Trinajstić information content (AvgIpc) is 3.30. The van der Waals surface area contributed by atoms with E-state index in [1.807, 2.05) is 24.3 Å². The smallest absolute Gasteiger partial charge is 0.332 e. The lowest BCUT2D eigenvalue weighted by Gasteiger charge is -2.27. The van der Waals surface area contributed by atoms with Crippen LogP contribution in [0.1, 0.15) is 15.2 Å². The van der Waals surface area contributed by atoms with E-state index in [2.05, 4.69) is 25.5 Å². The van der Waals surface area contributed by atoms with Gasteiger partial charge in [0.05, 0.1) is 37.1 Å². The zero-order valence-corrected chi connectivity index (χ0v) is 21.2. The molecule has 4 aromatic rings. The Hall–Kier alpha value is -4.13. The van der Waals surface area contributed by atoms with Crippen molar-refractivity contribution in [2.45, 2.75) is 6.54 Å². The van der Waals surface area contributed by atoms with Crippen LogP contribution in [0.5, 0.6) is 5.75 Å². The van der Waals surface area contributed by atoms with E-state index in [0.29, 0.717) is 27.3 Å². The molecule has 10 nitrogen and oxygen atoms in total. The second-order valence-corrected chi connectivity index (χ2v) is 9.81. The van der Waals surface area contributed by atoms with Crippen molar-refractivity contribution in [1.29, 1.82) is 0 Å². The number of rotatable bonds is 6. The molecule has 4 heterocycles. The molecule has 6 rings (SSSR count). The number of aromatic nitrogens is 2. The summed E-state index contributed by atoms with van der Waals surface area (Å²) in [6.45, 7) is 4.08. The molecule has 0 atom stereocenters. The zero-order valence-electron chi connectivity index (χ0n) is 20.4. The number of carbonyl (C=O) groups excluding carboxylic acids is 2. The largest absolute Gasteiger partial charge is 0.497 e. The number of morpholine rings is 1. The fourth-order valence-corrected chi connectivity index (χ4v) is 5.53. The van der Waals surface area contributed by atoms with E-state index in [4.69, 9.17) is 9.47 Å². The molecule has 1 saturated heterocycles. The fourth-order valence-electron chi connectivity index (χ4n) is 4.54. The Morgan fingerprint density at radius 3 is 2.71 bits per heavy atom. The summed E-state index contributed by atoms with van der Waals surface area (Å²) in [6.07, 6.45) is 1.29. The molecule has 2 aliphatic heterocycles. The summed E-state index contributed by atoms with van der Waals surface area (Å²) >= 11 is 1.13. The molecule has 2 aliphatic rings. The summed E-state index contributed by atoms with van der Waals surface area (Å²) < 4.78 is 25.3. The predicted octanol–water partition coefficient (Wildman–Crippen LogP) is 4.61. The van der Waals surface area contributed by atoms with E-state index in [9.17, 15) is 14.0 Å². The van der Waals surface area contributed by atoms with Gasteiger partial charge in [-0.15, -0.1) is 11.3 Å². The molecule has 12 heteroatoms. The number of methoxy groups -OCH3 is 1. The van der Waals surface area contributed by atoms with E-state index >= 15 is 0 Å². The number of anilines is 4. The molecule has 2 aromatic carbocycles. The summed E-state index contributed by atoms with van der Waals surface area (Å²) in [5, 5.41) is 6.11. The van der Waals surface area contributed by atoms with E-state index in [1.165, 1.54) is 25.6 Å². The van der Waals surface area contributed by atoms with Crippen molar-refractivity contribution in [2.75, 3.05) is 48.9 Å². The monoisotopic (exact) mass is 534 g/mol. The first kappa shape index (κ1) is 24.2. The molecule has 0 bridgehead atoms. The standard InChI is InChI=1S/C26H23FN6O4S/c1-36-17-6-7-19(18(27)12-17)33-23-20-21(31-26(33)35)22(38-25(20)29-14-28-23)24(34)30-16-4-2-15(3-5-16)13-32-8-10-37-11-9-32/h2-7,12,14H,8-11,13H2,1H3,(H,30,34)(H,31,35). The van der Waals surface area contributed by atoms with E-state index in [-0.39, 0.29) is 22.3 Å². The lowest BCUT2D eigenvalue weighted by atomic mass is 10.1. The molecule has 0 spiro atoms. The van der Waals surface area contributed by atoms with Gasteiger partial charge in [0.25, 0.3) is 5.91 Å². The topological polar surface area (TPSA) is 109 Å². The summed E-state index contributed by atoms with van der Waals surface area (Å²) in [4.78, 5) is 39.2. The van der Waals surface area contributed by atoms with Gasteiger partial charge in [-0.05, 0) is 29.8 Å². The van der Waals surface area contributed by atoms with Crippen LogP contribution in [0.3, 0.4) is 0 Å². The van der Waals surface area contributed by atoms with Crippen molar-refractivity contribution >= 4 is 56.4 Å². The van der Waals surface area contributed by atoms with Gasteiger partial charge in [0.2, 0.25) is 0 Å². The van der Waals surface area contributed by atoms with Gasteiger partial charge in [0.1, 0.15) is 21.8 Å². The maximum Gasteiger partial charge on any atom is 0.332 e. The minimum Gasteiger partial charge on any atom is -0.497 e. The van der Waals surface area contributed by atoms with Gasteiger partial charge >= 0.3 is 6.03 Å². The number of hydrogen-bond donors (Lipinski definition) is 2. The first-order chi connectivity index (χ1) is 18.5. The van der Waals surface area contributed by atoms with E-state index < -0.39 is 11.8 Å². The molecule has 0 aliphatic carbocycles. The highest BCUT2D eigenvalue weighted by atomic mass is 32.1. The summed E-state index contributed by atoms with van der Waals surface area (Å²) in [5.74, 6) is -0.527. The van der Waals surface area contributed by atoms with E-state index in [0.717, 1.165) is 54.6 Å². The van der Waals surface area contributed by atoms with Crippen LogP contribution < -0.4 is 20.3 Å². The Balaban J connectivity index is 1.27. The molecule has 0 unspecified atom stereocenters. The van der Waals surface area contributed by atoms with Crippen LogP contribution in [0.25, 0.3) is 10.2 Å². The number of halogens is 1. The number of benzene rings is 2. The first-order valence-electron chi connectivity index (χ1n) is 11.9. The molecule has 3 amide bonds. The minimum absolute atomic E-state index is 0.00307. The number of nitrogens with zero attached hydrogens (tertiary/aromatic N) is 4. The third-order valence-electron chi connectivity index (χ3n) is 6.44. The number of amides is 3. The molecule has 2 aromatic heterocycles. The quantitative estimate of drug-likeness (QED) is 0.372. The van der Waals surface area contributed by atoms with Gasteiger partial charge in [-0.25, -0.2) is 24.1 Å². The molecule has 38 heavy (non-hydrogen) atoms. The van der Waals surface area contributed by atoms with Crippen molar-refractivity contribution in [3.63, 3.8) is 0 Å². The van der Waals surface area contributed by atoms with Crippen LogP contribution in [-0.2, 0) is 11.3 Å². The number of ether oxygens (including phenoxy) is 2. The number of hydrogen-bond acceptors (Lipinski definition) is 8. The van der Waals surface area contributed by atoms with Crippen molar-refractivity contribution in [2.24, 2.45) is 0 Å². The SMILES string of the molecule is COc1ccc(N2C(=O)Nc3c(C(=O)Nc4ccc(CN5CCOCC5)cc4)sc4ncnc2c34)c(F)c1. The van der Waals surface area contributed by atoms with Crippen LogP contribution in [0.2, 0.25) is 0 Å². The van der Waals surface area contributed by atoms with Crippen molar-refractivity contribution in [3.8, 4) is 5.75 Å². The maximum atomic E-state index is 14.9. The number of thiophene rings is 1. The van der Waals surface area contributed by atoms with E-state index in [1.54, 1.807) is 6.07 Å². The second-order valence-electron chi connectivity index (χ2n) is 8.81. The zero-order chi connectivity index (χ0) is 26.2. The van der Waals surface area contributed by atoms with Gasteiger partial charge in [-0.1, -0.05) is 12.1 Å². The summed E-state index contributed by atoms with van der Waals surface area (Å²) in [6, 6.07) is 11.2. The predicted molar refractivity (Wildman–Crippen MR) is 142 cm³/mol. The highest BCUT2D eigenvalue weighted by Gasteiger charge is 2.35. The van der Waals surface area contributed by atoms with Crippen molar-refractivity contribution in [3.05, 3.63) is 65.0 Å². The third kappa shape index (κ3) is 4.42. The Bertz CT molecular complexity index is 1540. The average molecular weight is 535 g/mol. The van der Waals surface area contributed by atoms with Gasteiger partial charge in [0, 0.05) is 31.4 Å². The lowest BCUT2D eigenvalue weighted by molar-refractivity contribution is 0.0342. The molecule has 0 radical (unpaired) electrons. The number of urea groups is 1. The fraction of sp³-hybridized carbons (Fsp3) is 0.231. The Morgan fingerprint density at radius 1 is 1.18 bits per heavy atom. The molecule has 2 N–H and O–H groups in total. The maximum absolute atomic E-state index is 14.9. The number of carbonyl (C=O) groups is 2. The van der Waals surface area contributed by atoms with Gasteiger partial charge < -0.3 is 20.1 Å². The normalized spacial score (nSPS) is 15.4. The molecular weight excluding hydrogens is 511 g/mol. The van der Waals surface area contributed by atoms with Crippen molar-refractivity contribution in [1.82, 2.24) is 14.9 Å². The van der Waals surface area contributed by atoms with Crippen LogP contribution in [0, 0.1) is 5.82 Å². The van der Waals surface area contributed by atoms with Crippen LogP contribution in [0.4, 0.5) is 32.1 Å². The van der Waals surface area contributed by atoms with Crippen LogP contribution >= 0.6 is 11.3 Å². The van der Waals surface area contributed by atoms with Crippen LogP contribution in [-0.4, -0.2) is 60.2 Å². The molecule has 194 valence electrons. The molecule has 1 fully saturated rings. The van der Waals surface area contributed by atoms with Gasteiger partial charge in [-0.2, -0.15) is 0 Å². The van der Waals surface area contributed by atoms with Gasteiger partial charge in [-0.3, -0.25) is 9.69 Å². The minimum atomic E-state index is -0.653. The highest BCUT2D eigenvalue weighted by Crippen LogP contribution is 2.45. The Labute approximate surface area is 221 Å². The number of nitrogens with one attached hydrogen (secondary N) is 2.